The van der Waals surface area contributed by atoms with E-state index in [9.17, 15) is 13.2 Å². The quantitative estimate of drug-likeness (QED) is 0.770. The third-order valence-electron chi connectivity index (χ3n) is 7.24. The molecule has 27 heavy (non-hydrogen) atoms. The average Bonchev–Trinajstić information content (AvgIpc) is 3.20. The van der Waals surface area contributed by atoms with E-state index in [0.29, 0.717) is 44.1 Å². The molecule has 6 nitrogen and oxygen atoms in total. The predicted molar refractivity (Wildman–Crippen MR) is 102 cm³/mol. The molecule has 3 atom stereocenters. The number of fused-ring (bicyclic) bond motifs is 2. The zero-order chi connectivity index (χ0) is 19.4. The number of aromatic nitrogens is 1. The van der Waals surface area contributed by atoms with Crippen molar-refractivity contribution in [3.05, 3.63) is 23.9 Å². The number of hydrogen-bond acceptors (Lipinski definition) is 5. The monoisotopic (exact) mass is 392 g/mol. The Bertz CT molecular complexity index is 849. The predicted octanol–water partition coefficient (Wildman–Crippen LogP) is 2.57. The molecule has 2 aliphatic carbocycles. The Morgan fingerprint density at radius 2 is 2.07 bits per heavy atom. The van der Waals surface area contributed by atoms with Gasteiger partial charge in [0.05, 0.1) is 12.3 Å². The molecule has 2 bridgehead atoms. The lowest BCUT2D eigenvalue weighted by atomic mass is 9.70. The van der Waals surface area contributed by atoms with E-state index in [1.807, 2.05) is 19.1 Å². The lowest BCUT2D eigenvalue weighted by molar-refractivity contribution is -0.128. The van der Waals surface area contributed by atoms with E-state index >= 15 is 0 Å². The Morgan fingerprint density at radius 1 is 1.30 bits per heavy atom. The second kappa shape index (κ2) is 6.27. The SMILES string of the molecule is Cc1ccc(OC2CCN(S(=O)(=O)CC34CCC(CC3=O)C4(C)C)C2)nc1. The first-order chi connectivity index (χ1) is 12.6. The number of sulfonamides is 1. The maximum absolute atomic E-state index is 13.1. The van der Waals surface area contributed by atoms with Crippen molar-refractivity contribution in [2.24, 2.45) is 16.7 Å². The van der Waals surface area contributed by atoms with Gasteiger partial charge in [0, 0.05) is 30.6 Å². The molecule has 1 aliphatic heterocycles. The van der Waals surface area contributed by atoms with Crippen LogP contribution in [0.25, 0.3) is 0 Å². The van der Waals surface area contributed by atoms with Gasteiger partial charge in [-0.15, -0.1) is 0 Å². The first-order valence-electron chi connectivity index (χ1n) is 9.74. The van der Waals surface area contributed by atoms with Crippen LogP contribution in [0.15, 0.2) is 18.3 Å². The first-order valence-corrected chi connectivity index (χ1v) is 11.4. The summed E-state index contributed by atoms with van der Waals surface area (Å²) in [4.78, 5) is 16.9. The van der Waals surface area contributed by atoms with Crippen molar-refractivity contribution in [1.82, 2.24) is 9.29 Å². The van der Waals surface area contributed by atoms with Crippen LogP contribution in [-0.4, -0.2) is 48.4 Å². The molecule has 1 aromatic heterocycles. The molecule has 7 heteroatoms. The number of aryl methyl sites for hydroxylation is 1. The van der Waals surface area contributed by atoms with Gasteiger partial charge in [-0.3, -0.25) is 4.79 Å². The highest BCUT2D eigenvalue weighted by atomic mass is 32.2. The van der Waals surface area contributed by atoms with E-state index in [2.05, 4.69) is 18.8 Å². The van der Waals surface area contributed by atoms with Crippen LogP contribution in [0.3, 0.4) is 0 Å². The summed E-state index contributed by atoms with van der Waals surface area (Å²) >= 11 is 0. The van der Waals surface area contributed by atoms with Crippen LogP contribution in [0.2, 0.25) is 0 Å². The summed E-state index contributed by atoms with van der Waals surface area (Å²) in [6.45, 7) is 6.87. The lowest BCUT2D eigenvalue weighted by Gasteiger charge is -2.37. The molecular weight excluding hydrogens is 364 g/mol. The van der Waals surface area contributed by atoms with Gasteiger partial charge in [0.25, 0.3) is 0 Å². The number of rotatable bonds is 5. The number of carbonyl (C=O) groups excluding carboxylic acids is 1. The maximum Gasteiger partial charge on any atom is 0.215 e. The minimum atomic E-state index is -3.51. The number of pyridine rings is 1. The van der Waals surface area contributed by atoms with Gasteiger partial charge in [0.15, 0.2) is 0 Å². The van der Waals surface area contributed by atoms with Crippen LogP contribution in [0, 0.1) is 23.7 Å². The van der Waals surface area contributed by atoms with Gasteiger partial charge in [0.1, 0.15) is 11.9 Å². The van der Waals surface area contributed by atoms with Gasteiger partial charge in [0.2, 0.25) is 15.9 Å². The summed E-state index contributed by atoms with van der Waals surface area (Å²) in [5, 5.41) is 0. The minimum absolute atomic E-state index is 0.0577. The van der Waals surface area contributed by atoms with Crippen LogP contribution < -0.4 is 4.74 Å². The normalized spacial score (nSPS) is 32.9. The number of ketones is 1. The summed E-state index contributed by atoms with van der Waals surface area (Å²) < 4.78 is 33.7. The topological polar surface area (TPSA) is 76.6 Å². The number of nitrogens with zero attached hydrogens (tertiary/aromatic N) is 2. The molecule has 4 rings (SSSR count). The molecule has 3 fully saturated rings. The molecular formula is C20H28N2O4S. The molecule has 2 saturated carbocycles. The summed E-state index contributed by atoms with van der Waals surface area (Å²) in [7, 11) is -3.51. The molecule has 0 amide bonds. The van der Waals surface area contributed by atoms with Crippen molar-refractivity contribution in [1.29, 1.82) is 0 Å². The van der Waals surface area contributed by atoms with Crippen molar-refractivity contribution < 1.29 is 17.9 Å². The third-order valence-corrected chi connectivity index (χ3v) is 9.22. The fraction of sp³-hybridized carbons (Fsp3) is 0.700. The van der Waals surface area contributed by atoms with E-state index in [-0.39, 0.29) is 23.1 Å². The lowest BCUT2D eigenvalue weighted by Crippen LogP contribution is -2.46. The number of ether oxygens (including phenoxy) is 1. The Hall–Kier alpha value is -1.47. The van der Waals surface area contributed by atoms with E-state index in [1.54, 1.807) is 6.20 Å². The van der Waals surface area contributed by atoms with Gasteiger partial charge in [-0.1, -0.05) is 19.9 Å². The molecule has 0 radical (unpaired) electrons. The zero-order valence-corrected chi connectivity index (χ0v) is 17.1. The Balaban J connectivity index is 1.46. The van der Waals surface area contributed by atoms with Crippen molar-refractivity contribution in [2.75, 3.05) is 18.8 Å². The van der Waals surface area contributed by atoms with Crippen molar-refractivity contribution in [3.8, 4) is 5.88 Å². The summed E-state index contributed by atoms with van der Waals surface area (Å²) in [5.41, 5.74) is 0.1000. The standard InChI is InChI=1S/C20H28N2O4S/c1-14-4-5-18(21-11-14)26-16-7-9-22(12-16)27(24,25)13-20-8-6-15(10-17(20)23)19(20,2)3/h4-5,11,15-16H,6-10,12-13H2,1-3H3. The van der Waals surface area contributed by atoms with Gasteiger partial charge in [-0.2, -0.15) is 4.31 Å². The number of hydrogen-bond donors (Lipinski definition) is 0. The highest BCUT2D eigenvalue weighted by Crippen LogP contribution is 2.64. The van der Waals surface area contributed by atoms with E-state index in [4.69, 9.17) is 4.74 Å². The molecule has 2 heterocycles. The van der Waals surface area contributed by atoms with Crippen molar-refractivity contribution in [2.45, 2.75) is 52.6 Å². The molecule has 3 unspecified atom stereocenters. The Morgan fingerprint density at radius 3 is 2.67 bits per heavy atom. The summed E-state index contributed by atoms with van der Waals surface area (Å²) in [6.07, 6.45) is 4.37. The molecule has 1 saturated heterocycles. The molecule has 3 aliphatic rings. The first kappa shape index (κ1) is 18.9. The van der Waals surface area contributed by atoms with Crippen LogP contribution in [-0.2, 0) is 14.8 Å². The smallest absolute Gasteiger partial charge is 0.215 e. The van der Waals surface area contributed by atoms with Gasteiger partial charge < -0.3 is 4.74 Å². The molecule has 0 aromatic carbocycles. The van der Waals surface area contributed by atoms with E-state index in [1.165, 1.54) is 4.31 Å². The molecule has 148 valence electrons. The number of carbonyl (C=O) groups is 1. The largest absolute Gasteiger partial charge is 0.473 e. The Kier molecular flexibility index (Phi) is 4.38. The van der Waals surface area contributed by atoms with Crippen molar-refractivity contribution in [3.63, 3.8) is 0 Å². The maximum atomic E-state index is 13.1. The summed E-state index contributed by atoms with van der Waals surface area (Å²) in [6, 6.07) is 3.74. The fourth-order valence-corrected chi connectivity index (χ4v) is 7.51. The van der Waals surface area contributed by atoms with E-state index < -0.39 is 15.4 Å². The van der Waals surface area contributed by atoms with Gasteiger partial charge >= 0.3 is 0 Å². The molecule has 0 N–H and O–H groups in total. The van der Waals surface area contributed by atoms with Gasteiger partial charge in [-0.25, -0.2) is 13.4 Å². The van der Waals surface area contributed by atoms with E-state index in [0.717, 1.165) is 12.0 Å². The second-order valence-corrected chi connectivity index (χ2v) is 11.0. The van der Waals surface area contributed by atoms with Crippen LogP contribution in [0.1, 0.15) is 45.1 Å². The third kappa shape index (κ3) is 2.99. The molecule has 0 spiro atoms. The average molecular weight is 393 g/mol. The Labute approximate surface area is 161 Å². The highest BCUT2D eigenvalue weighted by Gasteiger charge is 2.65. The summed E-state index contributed by atoms with van der Waals surface area (Å²) in [5.74, 6) is 0.928. The highest BCUT2D eigenvalue weighted by molar-refractivity contribution is 7.89. The van der Waals surface area contributed by atoms with Crippen LogP contribution in [0.4, 0.5) is 0 Å². The molecule has 1 aromatic rings. The van der Waals surface area contributed by atoms with Gasteiger partial charge in [-0.05, 0) is 43.1 Å². The van der Waals surface area contributed by atoms with Crippen LogP contribution in [0.5, 0.6) is 5.88 Å². The number of Topliss-reactive ketones (excluding diaryl/α,β-unsaturated/α-hetero) is 1. The second-order valence-electron chi connectivity index (χ2n) is 8.98. The minimum Gasteiger partial charge on any atom is -0.473 e. The zero-order valence-electron chi connectivity index (χ0n) is 16.3. The van der Waals surface area contributed by atoms with Crippen molar-refractivity contribution >= 4 is 15.8 Å². The fourth-order valence-electron chi connectivity index (χ4n) is 5.25. The van der Waals surface area contributed by atoms with Crippen LogP contribution >= 0.6 is 0 Å².